The molecule has 2 heteroatoms. The summed E-state index contributed by atoms with van der Waals surface area (Å²) in [6, 6.07) is 9.24. The molecule has 0 heterocycles. The van der Waals surface area contributed by atoms with E-state index in [4.69, 9.17) is 0 Å². The van der Waals surface area contributed by atoms with Gasteiger partial charge in [0.2, 0.25) is 5.91 Å². The first kappa shape index (κ1) is 13.7. The lowest BCUT2D eigenvalue weighted by Crippen LogP contribution is -2.29. The first-order chi connectivity index (χ1) is 9.74. The first-order valence-electron chi connectivity index (χ1n) is 8.14. The van der Waals surface area contributed by atoms with Gasteiger partial charge in [-0.25, -0.2) is 0 Å². The van der Waals surface area contributed by atoms with Crippen LogP contribution in [0.15, 0.2) is 24.3 Å². The van der Waals surface area contributed by atoms with Gasteiger partial charge in [0, 0.05) is 6.04 Å². The Bertz CT molecular complexity index is 455. The Morgan fingerprint density at radius 2 is 1.70 bits per heavy atom. The molecular formula is C18H25NO. The maximum Gasteiger partial charge on any atom is 0.227 e. The molecule has 1 aromatic carbocycles. The summed E-state index contributed by atoms with van der Waals surface area (Å²) < 4.78 is 0. The van der Waals surface area contributed by atoms with Crippen molar-refractivity contribution >= 4 is 5.91 Å². The molecule has 0 bridgehead atoms. The average molecular weight is 271 g/mol. The lowest BCUT2D eigenvalue weighted by atomic mass is 9.83. The van der Waals surface area contributed by atoms with Gasteiger partial charge in [0.05, 0.1) is 5.92 Å². The number of carbonyl (C=O) groups excluding carboxylic acids is 1. The van der Waals surface area contributed by atoms with Crippen molar-refractivity contribution in [3.63, 3.8) is 0 Å². The van der Waals surface area contributed by atoms with Crippen LogP contribution in [0.25, 0.3) is 0 Å². The van der Waals surface area contributed by atoms with Gasteiger partial charge < -0.3 is 5.32 Å². The summed E-state index contributed by atoms with van der Waals surface area (Å²) in [5.74, 6) is 0.891. The topological polar surface area (TPSA) is 29.1 Å². The highest BCUT2D eigenvalue weighted by Crippen LogP contribution is 2.33. The highest BCUT2D eigenvalue weighted by atomic mass is 16.1. The van der Waals surface area contributed by atoms with E-state index in [1.807, 2.05) is 6.92 Å². The van der Waals surface area contributed by atoms with Gasteiger partial charge in [0.15, 0.2) is 0 Å². The summed E-state index contributed by atoms with van der Waals surface area (Å²) in [5.41, 5.74) is 2.60. The van der Waals surface area contributed by atoms with E-state index in [2.05, 4.69) is 29.6 Å². The zero-order chi connectivity index (χ0) is 13.9. The number of nitrogens with one attached hydrogen (secondary N) is 1. The lowest BCUT2D eigenvalue weighted by molar-refractivity contribution is -0.122. The van der Waals surface area contributed by atoms with Crippen molar-refractivity contribution in [2.45, 2.75) is 69.7 Å². The zero-order valence-electron chi connectivity index (χ0n) is 12.4. The van der Waals surface area contributed by atoms with Crippen molar-refractivity contribution < 1.29 is 4.79 Å². The highest BCUT2D eigenvalue weighted by Gasteiger charge is 2.26. The number of amides is 1. The van der Waals surface area contributed by atoms with Crippen LogP contribution in [-0.4, -0.2) is 11.9 Å². The second-order valence-corrected chi connectivity index (χ2v) is 6.51. The second kappa shape index (κ2) is 5.99. The molecule has 0 spiro atoms. The fourth-order valence-electron chi connectivity index (χ4n) is 3.20. The molecule has 108 valence electrons. The summed E-state index contributed by atoms with van der Waals surface area (Å²) in [4.78, 5) is 12.1. The molecule has 2 nitrogen and oxygen atoms in total. The normalized spacial score (nSPS) is 21.4. The molecular weight excluding hydrogens is 246 g/mol. The standard InChI is InChI=1S/C18H25NO/c1-13(18(20)19-17-11-12-17)14-7-9-16(10-8-14)15-5-3-2-4-6-15/h7-10,13,15,17H,2-6,11-12H2,1H3,(H,19,20). The van der Waals surface area contributed by atoms with Crippen LogP contribution in [0, 0.1) is 0 Å². The van der Waals surface area contributed by atoms with Crippen LogP contribution in [0.2, 0.25) is 0 Å². The molecule has 3 rings (SSSR count). The van der Waals surface area contributed by atoms with Gasteiger partial charge in [-0.2, -0.15) is 0 Å². The third-order valence-corrected chi connectivity index (χ3v) is 4.83. The molecule has 1 amide bonds. The minimum atomic E-state index is -0.0315. The lowest BCUT2D eigenvalue weighted by Gasteiger charge is -2.22. The van der Waals surface area contributed by atoms with Crippen LogP contribution in [0.5, 0.6) is 0 Å². The van der Waals surface area contributed by atoms with E-state index in [-0.39, 0.29) is 11.8 Å². The molecule has 1 atom stereocenters. The molecule has 20 heavy (non-hydrogen) atoms. The van der Waals surface area contributed by atoms with E-state index >= 15 is 0 Å². The smallest absolute Gasteiger partial charge is 0.227 e. The van der Waals surface area contributed by atoms with Gasteiger partial charge in [0.1, 0.15) is 0 Å². The Morgan fingerprint density at radius 3 is 2.30 bits per heavy atom. The molecule has 0 aliphatic heterocycles. The zero-order valence-corrected chi connectivity index (χ0v) is 12.4. The number of rotatable bonds is 4. The number of hydrogen-bond donors (Lipinski definition) is 1. The van der Waals surface area contributed by atoms with Crippen LogP contribution >= 0.6 is 0 Å². The first-order valence-corrected chi connectivity index (χ1v) is 8.14. The summed E-state index contributed by atoms with van der Waals surface area (Å²) in [6.07, 6.45) is 9.10. The number of benzene rings is 1. The Balaban J connectivity index is 1.63. The van der Waals surface area contributed by atoms with Crippen LogP contribution in [0.4, 0.5) is 0 Å². The van der Waals surface area contributed by atoms with E-state index < -0.39 is 0 Å². The maximum atomic E-state index is 12.1. The van der Waals surface area contributed by atoms with E-state index in [0.717, 1.165) is 24.3 Å². The van der Waals surface area contributed by atoms with E-state index in [1.54, 1.807) is 0 Å². The monoisotopic (exact) mass is 271 g/mol. The van der Waals surface area contributed by atoms with Crippen LogP contribution < -0.4 is 5.32 Å². The van der Waals surface area contributed by atoms with Crippen molar-refractivity contribution in [1.29, 1.82) is 0 Å². The fraction of sp³-hybridized carbons (Fsp3) is 0.611. The molecule has 1 N–H and O–H groups in total. The largest absolute Gasteiger partial charge is 0.353 e. The SMILES string of the molecule is CC(C(=O)NC1CC1)c1ccc(C2CCCCC2)cc1. The van der Waals surface area contributed by atoms with E-state index in [1.165, 1.54) is 37.7 Å². The summed E-state index contributed by atoms with van der Waals surface area (Å²) >= 11 is 0. The van der Waals surface area contributed by atoms with E-state index in [0.29, 0.717) is 6.04 Å². The molecule has 2 fully saturated rings. The van der Waals surface area contributed by atoms with Crippen LogP contribution in [0.1, 0.15) is 74.8 Å². The third kappa shape index (κ3) is 3.23. The molecule has 2 aliphatic rings. The predicted molar refractivity (Wildman–Crippen MR) is 81.8 cm³/mol. The second-order valence-electron chi connectivity index (χ2n) is 6.51. The van der Waals surface area contributed by atoms with E-state index in [9.17, 15) is 4.79 Å². The Morgan fingerprint density at radius 1 is 1.05 bits per heavy atom. The third-order valence-electron chi connectivity index (χ3n) is 4.83. The molecule has 0 radical (unpaired) electrons. The van der Waals surface area contributed by atoms with Gasteiger partial charge in [-0.1, -0.05) is 43.5 Å². The van der Waals surface area contributed by atoms with Crippen LogP contribution in [-0.2, 0) is 4.79 Å². The molecule has 2 saturated carbocycles. The predicted octanol–water partition coefficient (Wildman–Crippen LogP) is 4.12. The van der Waals surface area contributed by atoms with Crippen molar-refractivity contribution in [2.24, 2.45) is 0 Å². The maximum absolute atomic E-state index is 12.1. The van der Waals surface area contributed by atoms with Gasteiger partial charge in [0.25, 0.3) is 0 Å². The van der Waals surface area contributed by atoms with Gasteiger partial charge in [-0.05, 0) is 49.7 Å². The fourth-order valence-corrected chi connectivity index (χ4v) is 3.20. The van der Waals surface area contributed by atoms with Gasteiger partial charge >= 0.3 is 0 Å². The number of carbonyl (C=O) groups is 1. The Kier molecular flexibility index (Phi) is 4.09. The van der Waals surface area contributed by atoms with Crippen LogP contribution in [0.3, 0.4) is 0 Å². The minimum Gasteiger partial charge on any atom is -0.353 e. The van der Waals surface area contributed by atoms with Crippen molar-refractivity contribution in [3.8, 4) is 0 Å². The molecule has 0 saturated heterocycles. The molecule has 0 aromatic heterocycles. The highest BCUT2D eigenvalue weighted by molar-refractivity contribution is 5.83. The number of hydrogen-bond acceptors (Lipinski definition) is 1. The van der Waals surface area contributed by atoms with Gasteiger partial charge in [-0.3, -0.25) is 4.79 Å². The van der Waals surface area contributed by atoms with Crippen molar-refractivity contribution in [1.82, 2.24) is 5.32 Å². The van der Waals surface area contributed by atoms with Gasteiger partial charge in [-0.15, -0.1) is 0 Å². The van der Waals surface area contributed by atoms with Crippen molar-refractivity contribution in [3.05, 3.63) is 35.4 Å². The quantitative estimate of drug-likeness (QED) is 0.877. The molecule has 2 aliphatic carbocycles. The molecule has 1 aromatic rings. The minimum absolute atomic E-state index is 0.0315. The summed E-state index contributed by atoms with van der Waals surface area (Å²) in [6.45, 7) is 2.01. The molecule has 1 unspecified atom stereocenters. The Labute approximate surface area is 122 Å². The summed E-state index contributed by atoms with van der Waals surface area (Å²) in [5, 5.41) is 3.09. The average Bonchev–Trinajstić information content (AvgIpc) is 3.31. The Hall–Kier alpha value is -1.31. The summed E-state index contributed by atoms with van der Waals surface area (Å²) in [7, 11) is 0. The van der Waals surface area contributed by atoms with Crippen molar-refractivity contribution in [2.75, 3.05) is 0 Å².